The summed E-state index contributed by atoms with van der Waals surface area (Å²) in [6.45, 7) is 5.05. The summed E-state index contributed by atoms with van der Waals surface area (Å²) in [6.07, 6.45) is 0. The zero-order valence-corrected chi connectivity index (χ0v) is 33.4. The quantitative estimate of drug-likeness (QED) is 0.0739. The molecule has 2 heterocycles. The summed E-state index contributed by atoms with van der Waals surface area (Å²) in [5.41, 5.74) is 3.21. The SMILES string of the molecule is CCNc1ccc2c(-c3c(Cl)c(C(=O)NCc4ccc(-c5c6ccc(=O)cc-6oc6cc(O)ccc56)c(C(=O)O)c4)cc(Cl)c3C(=O)O)c3ccc(=[NH+]CC)cc-3oc2c1. The van der Waals surface area contributed by atoms with Gasteiger partial charge in [0.2, 0.25) is 5.36 Å². The van der Waals surface area contributed by atoms with Crippen LogP contribution >= 0.6 is 23.2 Å². The molecule has 0 spiro atoms. The third-order valence-electron chi connectivity index (χ3n) is 10.1. The number of amides is 1. The van der Waals surface area contributed by atoms with Crippen molar-refractivity contribution in [2.45, 2.75) is 20.4 Å². The number of hydrogen-bond donors (Lipinski definition) is 6. The fourth-order valence-electron chi connectivity index (χ4n) is 7.55. The van der Waals surface area contributed by atoms with Crippen LogP contribution in [-0.4, -0.2) is 46.3 Å². The maximum Gasteiger partial charge on any atom is 0.337 e. The minimum absolute atomic E-state index is 0.0176. The molecule has 0 unspecified atom stereocenters. The number of carbonyl (C=O) groups excluding carboxylic acids is 1. The van der Waals surface area contributed by atoms with E-state index >= 15 is 0 Å². The molecule has 60 heavy (non-hydrogen) atoms. The van der Waals surface area contributed by atoms with E-state index in [0.717, 1.165) is 11.0 Å². The second-order valence-electron chi connectivity index (χ2n) is 13.9. The molecule has 4 aromatic rings. The van der Waals surface area contributed by atoms with Crippen LogP contribution in [0.1, 0.15) is 50.5 Å². The van der Waals surface area contributed by atoms with Gasteiger partial charge in [0.05, 0.1) is 32.8 Å². The molecule has 4 aromatic carbocycles. The Balaban J connectivity index is 1.22. The Morgan fingerprint density at radius 1 is 0.700 bits per heavy atom. The van der Waals surface area contributed by atoms with Crippen molar-refractivity contribution in [3.8, 4) is 50.7 Å². The molecule has 4 aliphatic rings. The average Bonchev–Trinajstić information content (AvgIpc) is 3.21. The Hall–Kier alpha value is -7.15. The Morgan fingerprint density at radius 2 is 1.38 bits per heavy atom. The number of aromatic carboxylic acids is 2. The lowest BCUT2D eigenvalue weighted by molar-refractivity contribution is -0.496. The molecule has 0 aromatic heterocycles. The van der Waals surface area contributed by atoms with Gasteiger partial charge in [-0.1, -0.05) is 35.3 Å². The molecular formula is C46H34Cl2N3O9+. The maximum absolute atomic E-state index is 14.1. The highest BCUT2D eigenvalue weighted by Gasteiger charge is 2.30. The first kappa shape index (κ1) is 39.7. The Bertz CT molecular complexity index is 3150. The van der Waals surface area contributed by atoms with Crippen molar-refractivity contribution in [3.05, 3.63) is 145 Å². The van der Waals surface area contributed by atoms with Crippen LogP contribution in [-0.2, 0) is 6.54 Å². The zero-order valence-electron chi connectivity index (χ0n) is 31.9. The number of carboxylic acids is 2. The molecule has 0 saturated carbocycles. The normalized spacial score (nSPS) is 11.8. The first-order valence-corrected chi connectivity index (χ1v) is 19.5. The highest BCUT2D eigenvalue weighted by molar-refractivity contribution is 6.41. The number of fused-ring (bicyclic) bond motifs is 4. The van der Waals surface area contributed by atoms with Crippen LogP contribution in [0.25, 0.3) is 66.8 Å². The molecule has 2 aliphatic carbocycles. The molecule has 2 aliphatic heterocycles. The number of aromatic hydroxyl groups is 1. The van der Waals surface area contributed by atoms with Crippen molar-refractivity contribution >= 4 is 68.7 Å². The molecule has 12 nitrogen and oxygen atoms in total. The van der Waals surface area contributed by atoms with Gasteiger partial charge in [-0.15, -0.1) is 0 Å². The first-order valence-electron chi connectivity index (χ1n) is 18.8. The van der Waals surface area contributed by atoms with Gasteiger partial charge >= 0.3 is 11.9 Å². The van der Waals surface area contributed by atoms with Crippen LogP contribution < -0.4 is 26.4 Å². The van der Waals surface area contributed by atoms with Gasteiger partial charge in [-0.25, -0.2) is 14.6 Å². The smallest absolute Gasteiger partial charge is 0.337 e. The Morgan fingerprint density at radius 3 is 2.12 bits per heavy atom. The van der Waals surface area contributed by atoms with Crippen LogP contribution in [0, 0.1) is 0 Å². The summed E-state index contributed by atoms with van der Waals surface area (Å²) in [6, 6.07) is 25.3. The van der Waals surface area contributed by atoms with Crippen molar-refractivity contribution < 1.29 is 43.5 Å². The van der Waals surface area contributed by atoms with Gasteiger partial charge < -0.3 is 34.8 Å². The number of nitrogens with one attached hydrogen (secondary N) is 3. The predicted molar refractivity (Wildman–Crippen MR) is 228 cm³/mol. The van der Waals surface area contributed by atoms with Crippen molar-refractivity contribution in [2.75, 3.05) is 18.4 Å². The van der Waals surface area contributed by atoms with E-state index in [0.29, 0.717) is 68.6 Å². The Labute approximate surface area is 350 Å². The molecule has 0 fully saturated rings. The molecule has 0 saturated heterocycles. The standard InChI is InChI=1S/C46H33Cl2N3O9/c1-3-49-23-6-11-30-35(16-23)59-36-17-24(50-4-2)7-12-31(36)40(30)42-41(46(57)58)34(47)20-33(43(42)48)44(54)51-21-22-5-10-27(32(15-22)45(55)56)39-28-13-8-25(52)18-37(28)60-38-19-26(53)9-14-29(38)39/h5-20,49,52H,3-4,21H2,1-2H3,(H,51,54)(H,55,56)(H,57,58)/p+1. The largest absolute Gasteiger partial charge is 0.508 e. The molecule has 14 heteroatoms. The van der Waals surface area contributed by atoms with E-state index in [1.807, 2.05) is 26.0 Å². The first-order chi connectivity index (χ1) is 28.9. The number of phenols is 1. The van der Waals surface area contributed by atoms with Crippen LogP contribution in [0.4, 0.5) is 5.69 Å². The van der Waals surface area contributed by atoms with Crippen molar-refractivity contribution in [1.29, 1.82) is 0 Å². The third kappa shape index (κ3) is 7.16. The summed E-state index contributed by atoms with van der Waals surface area (Å²) in [4.78, 5) is 55.3. The lowest BCUT2D eigenvalue weighted by atomic mass is 9.89. The monoisotopic (exact) mass is 842 g/mol. The van der Waals surface area contributed by atoms with Gasteiger partial charge in [-0.3, -0.25) is 9.59 Å². The molecule has 0 bridgehead atoms. The molecule has 0 radical (unpaired) electrons. The Kier molecular flexibility index (Phi) is 10.5. The fraction of sp³-hybridized carbons (Fsp3) is 0.109. The average molecular weight is 844 g/mol. The molecule has 300 valence electrons. The number of halogens is 2. The van der Waals surface area contributed by atoms with Crippen LogP contribution in [0.3, 0.4) is 0 Å². The summed E-state index contributed by atoms with van der Waals surface area (Å²) < 4.78 is 12.3. The molecular weight excluding hydrogens is 809 g/mol. The molecule has 0 atom stereocenters. The number of anilines is 1. The number of carbonyl (C=O) groups is 3. The second kappa shape index (κ2) is 15.9. The maximum atomic E-state index is 14.1. The van der Waals surface area contributed by atoms with Gasteiger partial charge in [-0.05, 0) is 79.6 Å². The van der Waals surface area contributed by atoms with E-state index in [4.69, 9.17) is 32.0 Å². The van der Waals surface area contributed by atoms with Crippen molar-refractivity contribution in [1.82, 2.24) is 5.32 Å². The second-order valence-corrected chi connectivity index (χ2v) is 14.7. The van der Waals surface area contributed by atoms with Gasteiger partial charge in [0.15, 0.2) is 5.43 Å². The lowest BCUT2D eigenvalue weighted by Gasteiger charge is -2.20. The topological polar surface area (TPSA) is 193 Å². The number of phenolic OH excluding ortho intramolecular Hbond substituents is 1. The van der Waals surface area contributed by atoms with Crippen LogP contribution in [0.5, 0.6) is 5.75 Å². The molecule has 1 amide bonds. The predicted octanol–water partition coefficient (Wildman–Crippen LogP) is 7.85. The zero-order chi connectivity index (χ0) is 42.4. The molecule has 8 rings (SSSR count). The van der Waals surface area contributed by atoms with Gasteiger partial charge in [-0.2, -0.15) is 0 Å². The number of benzene rings is 6. The summed E-state index contributed by atoms with van der Waals surface area (Å²) >= 11 is 13.8. The van der Waals surface area contributed by atoms with E-state index < -0.39 is 17.8 Å². The van der Waals surface area contributed by atoms with Gasteiger partial charge in [0, 0.05) is 81.6 Å². The fourth-order valence-corrected chi connectivity index (χ4v) is 8.16. The minimum Gasteiger partial charge on any atom is -0.508 e. The highest BCUT2D eigenvalue weighted by Crippen LogP contribution is 2.47. The van der Waals surface area contributed by atoms with Crippen molar-refractivity contribution in [2.24, 2.45) is 0 Å². The van der Waals surface area contributed by atoms with E-state index in [9.17, 15) is 34.5 Å². The van der Waals surface area contributed by atoms with E-state index in [2.05, 4.69) is 15.6 Å². The number of rotatable bonds is 10. The van der Waals surface area contributed by atoms with Crippen LogP contribution in [0.15, 0.2) is 111 Å². The van der Waals surface area contributed by atoms with Gasteiger partial charge in [0.1, 0.15) is 35.0 Å². The summed E-state index contributed by atoms with van der Waals surface area (Å²) in [5.74, 6) is -2.77. The van der Waals surface area contributed by atoms with E-state index in [1.54, 1.807) is 48.5 Å². The minimum atomic E-state index is -1.36. The van der Waals surface area contributed by atoms with E-state index in [-0.39, 0.29) is 61.4 Å². The summed E-state index contributed by atoms with van der Waals surface area (Å²) in [5, 5.41) is 38.6. The van der Waals surface area contributed by atoms with E-state index in [1.165, 1.54) is 36.4 Å². The number of hydrogen-bond acceptors (Lipinski definition) is 8. The summed E-state index contributed by atoms with van der Waals surface area (Å²) in [7, 11) is 0. The van der Waals surface area contributed by atoms with Crippen LogP contribution in [0.2, 0.25) is 10.0 Å². The van der Waals surface area contributed by atoms with Crippen molar-refractivity contribution in [3.63, 3.8) is 0 Å². The highest BCUT2D eigenvalue weighted by atomic mass is 35.5. The third-order valence-corrected chi connectivity index (χ3v) is 10.8. The number of carboxylic acid groups (broad SMARTS) is 2. The lowest BCUT2D eigenvalue weighted by Crippen LogP contribution is -2.75. The van der Waals surface area contributed by atoms with Gasteiger partial charge in [0.25, 0.3) is 5.91 Å². The molecule has 6 N–H and O–H groups in total.